The zero-order chi connectivity index (χ0) is 17.9. The van der Waals surface area contributed by atoms with Gasteiger partial charge >= 0.3 is 5.97 Å². The molecule has 2 aliphatic heterocycles. The molecule has 3 atom stereocenters. The van der Waals surface area contributed by atoms with Gasteiger partial charge in [-0.15, -0.1) is 39.2 Å². The maximum absolute atomic E-state index is 12.1. The van der Waals surface area contributed by atoms with E-state index < -0.39 is 11.5 Å². The van der Waals surface area contributed by atoms with Gasteiger partial charge in [0.2, 0.25) is 12.6 Å². The van der Waals surface area contributed by atoms with Crippen LogP contribution in [0.1, 0.15) is 46.5 Å². The van der Waals surface area contributed by atoms with Gasteiger partial charge in [0.1, 0.15) is 17.5 Å². The number of thioether (sulfide) groups is 1. The van der Waals surface area contributed by atoms with Crippen molar-refractivity contribution >= 4 is 36.0 Å². The molecule has 0 spiro atoms. The third kappa shape index (κ3) is 3.34. The van der Waals surface area contributed by atoms with E-state index in [4.69, 9.17) is 10.5 Å². The Kier molecular flexibility index (Phi) is 5.10. The molecule has 25 heavy (non-hydrogen) atoms. The summed E-state index contributed by atoms with van der Waals surface area (Å²) in [4.78, 5) is 26.8. The van der Waals surface area contributed by atoms with Gasteiger partial charge in [-0.25, -0.2) is 0 Å². The lowest BCUT2D eigenvalue weighted by atomic mass is 9.96. The Bertz CT molecular complexity index is 688. The van der Waals surface area contributed by atoms with E-state index in [9.17, 15) is 9.59 Å². The van der Waals surface area contributed by atoms with Crippen LogP contribution in [0.3, 0.4) is 0 Å². The minimum absolute atomic E-state index is 0. The molecule has 3 heterocycles. The smallest absolute Gasteiger partial charge is 0.313 e. The number of rotatable bonds is 3. The third-order valence-corrected chi connectivity index (χ3v) is 5.71. The molecule has 11 heteroatoms. The summed E-state index contributed by atoms with van der Waals surface area (Å²) in [6.45, 7) is 9.26. The number of halogens is 1. The molecular formula is C14H23ClN6O3S. The van der Waals surface area contributed by atoms with E-state index in [2.05, 4.69) is 15.4 Å². The zero-order valence-corrected chi connectivity index (χ0v) is 16.4. The van der Waals surface area contributed by atoms with Gasteiger partial charge in [0.25, 0.3) is 0 Å². The van der Waals surface area contributed by atoms with Crippen molar-refractivity contribution in [3.8, 4) is 0 Å². The Hall–Kier alpha value is -1.39. The minimum atomic E-state index is -0.596. The summed E-state index contributed by atoms with van der Waals surface area (Å²) in [5, 5.41) is 12.2. The largest absolute Gasteiger partial charge is 0.440 e. The first-order valence-corrected chi connectivity index (χ1v) is 8.61. The highest BCUT2D eigenvalue weighted by molar-refractivity contribution is 8.01. The summed E-state index contributed by atoms with van der Waals surface area (Å²) < 4.78 is 4.90. The van der Waals surface area contributed by atoms with Crippen molar-refractivity contribution in [2.75, 3.05) is 0 Å². The van der Waals surface area contributed by atoms with E-state index in [0.717, 1.165) is 0 Å². The lowest BCUT2D eigenvalue weighted by Gasteiger charge is -2.41. The Balaban J connectivity index is 0.00000225. The van der Waals surface area contributed by atoms with E-state index >= 15 is 0 Å². The van der Waals surface area contributed by atoms with Gasteiger partial charge in [0, 0.05) is 4.75 Å². The second-order valence-electron chi connectivity index (χ2n) is 7.62. The number of aromatic nitrogens is 4. The molecule has 2 N–H and O–H groups in total. The van der Waals surface area contributed by atoms with Crippen molar-refractivity contribution in [1.29, 1.82) is 0 Å². The van der Waals surface area contributed by atoms with Crippen molar-refractivity contribution < 1.29 is 14.3 Å². The van der Waals surface area contributed by atoms with Crippen LogP contribution in [-0.4, -0.2) is 53.1 Å². The van der Waals surface area contributed by atoms with Gasteiger partial charge in [-0.1, -0.05) is 0 Å². The molecule has 2 unspecified atom stereocenters. The summed E-state index contributed by atoms with van der Waals surface area (Å²) in [5.74, 6) is -0.0114. The molecule has 2 saturated heterocycles. The predicted octanol–water partition coefficient (Wildman–Crippen LogP) is 0.704. The number of β-lactam (4-membered cyclic amide) rings is 1. The van der Waals surface area contributed by atoms with Gasteiger partial charge in [0.05, 0.1) is 5.41 Å². The fourth-order valence-corrected chi connectivity index (χ4v) is 4.39. The first-order chi connectivity index (χ1) is 11.0. The van der Waals surface area contributed by atoms with Gasteiger partial charge in [0.15, 0.2) is 5.82 Å². The monoisotopic (exact) mass is 390 g/mol. The molecule has 0 bridgehead atoms. The first-order valence-electron chi connectivity index (χ1n) is 7.73. The van der Waals surface area contributed by atoms with Crippen molar-refractivity contribution in [2.45, 2.75) is 63.6 Å². The quantitative estimate of drug-likeness (QED) is 0.592. The Morgan fingerprint density at radius 2 is 2.04 bits per heavy atom. The normalized spacial score (nSPS) is 27.4. The molecule has 9 nitrogen and oxygen atoms in total. The highest BCUT2D eigenvalue weighted by Crippen LogP contribution is 2.56. The van der Waals surface area contributed by atoms with E-state index in [-0.39, 0.29) is 47.2 Å². The van der Waals surface area contributed by atoms with Crippen LogP contribution in [0.25, 0.3) is 0 Å². The Morgan fingerprint density at radius 3 is 2.64 bits per heavy atom. The first kappa shape index (κ1) is 19.9. The number of amides is 1. The van der Waals surface area contributed by atoms with Gasteiger partial charge < -0.3 is 15.4 Å². The molecule has 0 saturated carbocycles. The van der Waals surface area contributed by atoms with Crippen LogP contribution >= 0.6 is 24.2 Å². The molecule has 1 aromatic heterocycles. The summed E-state index contributed by atoms with van der Waals surface area (Å²) in [7, 11) is 0. The van der Waals surface area contributed by atoms with Crippen LogP contribution in [0.4, 0.5) is 0 Å². The molecule has 2 fully saturated rings. The average molecular weight is 391 g/mol. The lowest BCUT2D eigenvalue weighted by Crippen LogP contribution is -2.65. The number of hydrogen-bond donors (Lipinski definition) is 1. The Morgan fingerprint density at radius 1 is 1.40 bits per heavy atom. The summed E-state index contributed by atoms with van der Waals surface area (Å²) in [6, 6.07) is -0.770. The number of tetrazole rings is 1. The molecule has 1 aromatic rings. The summed E-state index contributed by atoms with van der Waals surface area (Å²) in [5.41, 5.74) is 5.27. The van der Waals surface area contributed by atoms with Crippen LogP contribution in [0.15, 0.2) is 0 Å². The van der Waals surface area contributed by atoms with Gasteiger partial charge in [-0.3, -0.25) is 9.59 Å². The summed E-state index contributed by atoms with van der Waals surface area (Å²) >= 11 is 1.64. The minimum Gasteiger partial charge on any atom is -0.440 e. The SMILES string of the molecule is CC(C)(C)C(=O)OCn1nnc(C2N3C(=O)C(N)[C@@H]3SC2(C)C)n1.Cl. The molecule has 0 radical (unpaired) electrons. The number of hydrogen-bond acceptors (Lipinski definition) is 8. The van der Waals surface area contributed by atoms with Crippen LogP contribution in [0.5, 0.6) is 0 Å². The molecule has 0 aliphatic carbocycles. The van der Waals surface area contributed by atoms with E-state index in [0.29, 0.717) is 5.82 Å². The maximum atomic E-state index is 12.1. The fourth-order valence-electron chi connectivity index (χ4n) is 2.81. The molecule has 140 valence electrons. The van der Waals surface area contributed by atoms with Crippen LogP contribution in [0.2, 0.25) is 0 Å². The third-order valence-electron chi connectivity index (χ3n) is 4.12. The van der Waals surface area contributed by atoms with Gasteiger partial charge in [-0.2, -0.15) is 0 Å². The second-order valence-corrected chi connectivity index (χ2v) is 9.39. The summed E-state index contributed by atoms with van der Waals surface area (Å²) in [6.07, 6.45) is 0. The standard InChI is InChI=1S/C14H22N6O3S.ClH/c1-13(2,3)12(22)23-6-19-17-9(16-18-19)8-14(4,5)24-11-7(15)10(21)20(8)11;/h7-8,11H,6,15H2,1-5H3;1H/t7?,8?,11-;/m0./s1. The van der Waals surface area contributed by atoms with Crippen molar-refractivity contribution in [1.82, 2.24) is 25.1 Å². The topological polar surface area (TPSA) is 116 Å². The molecular weight excluding hydrogens is 368 g/mol. The maximum Gasteiger partial charge on any atom is 0.313 e. The predicted molar refractivity (Wildman–Crippen MR) is 93.6 cm³/mol. The van der Waals surface area contributed by atoms with Crippen molar-refractivity contribution in [2.24, 2.45) is 11.1 Å². The zero-order valence-electron chi connectivity index (χ0n) is 14.8. The molecule has 0 aromatic carbocycles. The number of nitrogens with zero attached hydrogens (tertiary/aromatic N) is 5. The number of carbonyl (C=O) groups excluding carboxylic acids is 2. The number of ether oxygens (including phenoxy) is 1. The molecule has 2 aliphatic rings. The van der Waals surface area contributed by atoms with Crippen LogP contribution in [0, 0.1) is 5.41 Å². The van der Waals surface area contributed by atoms with Crippen LogP contribution < -0.4 is 5.73 Å². The van der Waals surface area contributed by atoms with Crippen molar-refractivity contribution in [3.63, 3.8) is 0 Å². The fraction of sp³-hybridized carbons (Fsp3) is 0.786. The van der Waals surface area contributed by atoms with E-state index in [1.54, 1.807) is 37.4 Å². The van der Waals surface area contributed by atoms with E-state index in [1.807, 2.05) is 13.8 Å². The number of fused-ring (bicyclic) bond motifs is 1. The highest BCUT2D eigenvalue weighted by Gasteiger charge is 2.61. The lowest BCUT2D eigenvalue weighted by molar-refractivity contribution is -0.157. The average Bonchev–Trinajstić information content (AvgIpc) is 3.03. The number of nitrogens with two attached hydrogens (primary N) is 1. The number of carbonyl (C=O) groups is 2. The second kappa shape index (κ2) is 6.40. The van der Waals surface area contributed by atoms with Crippen LogP contribution in [-0.2, 0) is 21.1 Å². The molecule has 3 rings (SSSR count). The molecule has 1 amide bonds. The van der Waals surface area contributed by atoms with Gasteiger partial charge in [-0.05, 0) is 39.8 Å². The number of esters is 1. The van der Waals surface area contributed by atoms with E-state index in [1.165, 1.54) is 4.80 Å². The van der Waals surface area contributed by atoms with Crippen molar-refractivity contribution in [3.05, 3.63) is 5.82 Å². The highest BCUT2D eigenvalue weighted by atomic mass is 35.5. The Labute approximate surface area is 156 Å².